The summed E-state index contributed by atoms with van der Waals surface area (Å²) >= 11 is 3.73. The molecule has 0 aliphatic heterocycles. The van der Waals surface area contributed by atoms with Crippen molar-refractivity contribution in [2.24, 2.45) is 17.3 Å². The lowest BCUT2D eigenvalue weighted by Gasteiger charge is -2.38. The van der Waals surface area contributed by atoms with Gasteiger partial charge in [0.15, 0.2) is 0 Å². The van der Waals surface area contributed by atoms with Crippen molar-refractivity contribution >= 4 is 15.9 Å². The quantitative estimate of drug-likeness (QED) is 0.627. The number of alkyl halides is 1. The Balaban J connectivity index is 2.64. The van der Waals surface area contributed by atoms with Gasteiger partial charge in [-0.15, -0.1) is 0 Å². The molecule has 0 amide bonds. The molecule has 2 heteroatoms. The highest BCUT2D eigenvalue weighted by molar-refractivity contribution is 9.09. The van der Waals surface area contributed by atoms with E-state index in [-0.39, 0.29) is 0 Å². The normalized spacial score (nSPS) is 20.0. The fourth-order valence-electron chi connectivity index (χ4n) is 2.95. The molecule has 0 bridgehead atoms. The van der Waals surface area contributed by atoms with E-state index in [4.69, 9.17) is 0 Å². The molecular weight excluding hydrogens is 286 g/mol. The highest BCUT2D eigenvalue weighted by Gasteiger charge is 2.30. The van der Waals surface area contributed by atoms with Crippen molar-refractivity contribution < 1.29 is 0 Å². The smallest absolute Gasteiger partial charge is 0.00954 e. The molecular formula is C16H32BrN. The number of halogens is 1. The third kappa shape index (κ3) is 5.21. The summed E-state index contributed by atoms with van der Waals surface area (Å²) < 4.78 is 0. The van der Waals surface area contributed by atoms with Crippen LogP contribution in [0.25, 0.3) is 0 Å². The van der Waals surface area contributed by atoms with Crippen LogP contribution in [0.2, 0.25) is 0 Å². The van der Waals surface area contributed by atoms with Crippen molar-refractivity contribution in [3.8, 4) is 0 Å². The zero-order valence-electron chi connectivity index (χ0n) is 13.0. The Morgan fingerprint density at radius 3 is 2.06 bits per heavy atom. The van der Waals surface area contributed by atoms with Crippen LogP contribution in [0.15, 0.2) is 0 Å². The van der Waals surface area contributed by atoms with Gasteiger partial charge in [-0.25, -0.2) is 0 Å². The summed E-state index contributed by atoms with van der Waals surface area (Å²) in [6.45, 7) is 14.4. The first kappa shape index (κ1) is 16.5. The van der Waals surface area contributed by atoms with Crippen LogP contribution in [-0.4, -0.2) is 29.4 Å². The van der Waals surface area contributed by atoms with Gasteiger partial charge in [0.1, 0.15) is 0 Å². The van der Waals surface area contributed by atoms with Gasteiger partial charge in [0, 0.05) is 24.5 Å². The van der Waals surface area contributed by atoms with Crippen LogP contribution in [0.3, 0.4) is 0 Å². The Morgan fingerprint density at radius 1 is 1.11 bits per heavy atom. The van der Waals surface area contributed by atoms with E-state index in [0.29, 0.717) is 5.41 Å². The minimum atomic E-state index is 0.400. The molecule has 1 aliphatic carbocycles. The van der Waals surface area contributed by atoms with Crippen molar-refractivity contribution in [2.75, 3.05) is 18.4 Å². The maximum absolute atomic E-state index is 3.73. The predicted molar refractivity (Wildman–Crippen MR) is 85.4 cm³/mol. The van der Waals surface area contributed by atoms with Gasteiger partial charge < -0.3 is 0 Å². The van der Waals surface area contributed by atoms with Gasteiger partial charge in [-0.05, 0) is 30.1 Å². The third-order valence-electron chi connectivity index (χ3n) is 4.31. The van der Waals surface area contributed by atoms with Gasteiger partial charge in [-0.2, -0.15) is 0 Å². The second kappa shape index (κ2) is 7.28. The lowest BCUT2D eigenvalue weighted by atomic mass is 9.81. The molecule has 1 aliphatic rings. The molecule has 0 aromatic carbocycles. The third-order valence-corrected chi connectivity index (χ3v) is 5.09. The van der Waals surface area contributed by atoms with Crippen LogP contribution in [0.4, 0.5) is 0 Å². The summed E-state index contributed by atoms with van der Waals surface area (Å²) in [4.78, 5) is 2.79. The molecule has 0 saturated heterocycles. The molecule has 0 spiro atoms. The fourth-order valence-corrected chi connectivity index (χ4v) is 4.12. The average molecular weight is 318 g/mol. The van der Waals surface area contributed by atoms with Crippen molar-refractivity contribution in [1.82, 2.24) is 4.90 Å². The highest BCUT2D eigenvalue weighted by atomic mass is 79.9. The number of hydrogen-bond donors (Lipinski definition) is 0. The summed E-state index contributed by atoms with van der Waals surface area (Å²) in [5.74, 6) is 1.53. The standard InChI is InChI=1S/C16H32BrN/c1-13(2)11-18(15-8-6-7-9-15)12-14(10-17)16(3,4)5/h13-15H,6-12H2,1-5H3. The SMILES string of the molecule is CC(C)CN(CC(CBr)C(C)(C)C)C1CCCC1. The number of nitrogens with zero attached hydrogens (tertiary/aromatic N) is 1. The van der Waals surface area contributed by atoms with Gasteiger partial charge >= 0.3 is 0 Å². The first-order chi connectivity index (χ1) is 8.34. The van der Waals surface area contributed by atoms with Crippen LogP contribution < -0.4 is 0 Å². The van der Waals surface area contributed by atoms with Crippen molar-refractivity contribution in [1.29, 1.82) is 0 Å². The van der Waals surface area contributed by atoms with E-state index in [1.807, 2.05) is 0 Å². The summed E-state index contributed by atoms with van der Waals surface area (Å²) in [7, 11) is 0. The Bertz CT molecular complexity index is 226. The van der Waals surface area contributed by atoms with Gasteiger partial charge in [0.05, 0.1) is 0 Å². The number of hydrogen-bond acceptors (Lipinski definition) is 1. The zero-order valence-corrected chi connectivity index (χ0v) is 14.6. The first-order valence-corrected chi connectivity index (χ1v) is 8.76. The summed E-state index contributed by atoms with van der Waals surface area (Å²) in [6, 6.07) is 0.858. The largest absolute Gasteiger partial charge is 0.300 e. The van der Waals surface area contributed by atoms with E-state index in [1.165, 1.54) is 38.8 Å². The van der Waals surface area contributed by atoms with E-state index in [0.717, 1.165) is 23.2 Å². The Hall–Kier alpha value is 0.440. The molecule has 108 valence electrons. The van der Waals surface area contributed by atoms with Crippen LogP contribution >= 0.6 is 15.9 Å². The molecule has 0 aromatic rings. The van der Waals surface area contributed by atoms with Gasteiger partial charge in [0.25, 0.3) is 0 Å². The summed E-state index contributed by atoms with van der Waals surface area (Å²) in [5, 5.41) is 1.12. The minimum Gasteiger partial charge on any atom is -0.300 e. The van der Waals surface area contributed by atoms with Gasteiger partial charge in [-0.1, -0.05) is 63.4 Å². The molecule has 0 aromatic heterocycles. The fraction of sp³-hybridized carbons (Fsp3) is 1.00. The second-order valence-corrected chi connectivity index (χ2v) is 8.15. The maximum atomic E-state index is 3.73. The van der Waals surface area contributed by atoms with Gasteiger partial charge in [0.2, 0.25) is 0 Å². The van der Waals surface area contributed by atoms with Crippen molar-refractivity contribution in [2.45, 2.75) is 66.3 Å². The molecule has 1 atom stereocenters. The summed E-state index contributed by atoms with van der Waals surface area (Å²) in [5.41, 5.74) is 0.400. The number of rotatable bonds is 6. The molecule has 1 nitrogen and oxygen atoms in total. The minimum absolute atomic E-state index is 0.400. The molecule has 1 rings (SSSR count). The van der Waals surface area contributed by atoms with E-state index in [2.05, 4.69) is 55.4 Å². The lowest BCUT2D eigenvalue weighted by molar-refractivity contribution is 0.114. The van der Waals surface area contributed by atoms with E-state index in [1.54, 1.807) is 0 Å². The molecule has 18 heavy (non-hydrogen) atoms. The van der Waals surface area contributed by atoms with Gasteiger partial charge in [-0.3, -0.25) is 4.90 Å². The molecule has 0 heterocycles. The summed E-state index contributed by atoms with van der Waals surface area (Å²) in [6.07, 6.45) is 5.72. The van der Waals surface area contributed by atoms with Crippen LogP contribution in [0.1, 0.15) is 60.3 Å². The van der Waals surface area contributed by atoms with Crippen LogP contribution in [-0.2, 0) is 0 Å². The molecule has 0 N–H and O–H groups in total. The monoisotopic (exact) mass is 317 g/mol. The Kier molecular flexibility index (Phi) is 6.67. The Morgan fingerprint density at radius 2 is 1.67 bits per heavy atom. The van der Waals surface area contributed by atoms with E-state index < -0.39 is 0 Å². The second-order valence-electron chi connectivity index (χ2n) is 7.50. The molecule has 1 saturated carbocycles. The molecule has 1 unspecified atom stereocenters. The first-order valence-electron chi connectivity index (χ1n) is 7.64. The topological polar surface area (TPSA) is 3.24 Å². The van der Waals surface area contributed by atoms with E-state index >= 15 is 0 Å². The van der Waals surface area contributed by atoms with Crippen molar-refractivity contribution in [3.05, 3.63) is 0 Å². The van der Waals surface area contributed by atoms with Crippen LogP contribution in [0.5, 0.6) is 0 Å². The highest BCUT2D eigenvalue weighted by Crippen LogP contribution is 2.31. The average Bonchev–Trinajstić information content (AvgIpc) is 2.74. The molecule has 0 radical (unpaired) electrons. The predicted octanol–water partition coefficient (Wildman–Crippen LogP) is 4.94. The molecule has 1 fully saturated rings. The lowest BCUT2D eigenvalue weighted by Crippen LogP contribution is -2.43. The zero-order chi connectivity index (χ0) is 13.8. The maximum Gasteiger partial charge on any atom is 0.00954 e. The van der Waals surface area contributed by atoms with E-state index in [9.17, 15) is 0 Å². The van der Waals surface area contributed by atoms with Crippen LogP contribution in [0, 0.1) is 17.3 Å². The Labute approximate surface area is 123 Å². The van der Waals surface area contributed by atoms with Crippen molar-refractivity contribution in [3.63, 3.8) is 0 Å².